The van der Waals surface area contributed by atoms with Gasteiger partial charge in [0.2, 0.25) is 0 Å². The summed E-state index contributed by atoms with van der Waals surface area (Å²) in [6.07, 6.45) is 0. The Morgan fingerprint density at radius 1 is 0.931 bits per heavy atom. The molecule has 0 atom stereocenters. The fourth-order valence-corrected chi connectivity index (χ4v) is 3.50. The molecule has 2 N–H and O–H groups in total. The maximum atomic E-state index is 12.1. The molecule has 0 unspecified atom stereocenters. The zero-order chi connectivity index (χ0) is 20.8. The fourth-order valence-electron chi connectivity index (χ4n) is 3.20. The standard InChI is InChI=1S/C21H24Cl2N4O2/c1-15-2-3-17(23)14-19(15)25-21(29)20(28)24-8-9-26-10-12-27(13-11-26)18-6-4-16(22)5-7-18/h2-7,14H,8-13H2,1H3,(H,24,28)(H,25,29). The fraction of sp³-hybridized carbons (Fsp3) is 0.333. The maximum Gasteiger partial charge on any atom is 0.313 e. The van der Waals surface area contributed by atoms with Crippen molar-refractivity contribution in [1.82, 2.24) is 10.2 Å². The first-order valence-electron chi connectivity index (χ1n) is 9.50. The van der Waals surface area contributed by atoms with Crippen molar-refractivity contribution in [3.63, 3.8) is 0 Å². The van der Waals surface area contributed by atoms with Gasteiger partial charge in [0.25, 0.3) is 0 Å². The van der Waals surface area contributed by atoms with Crippen LogP contribution >= 0.6 is 23.2 Å². The molecule has 0 saturated carbocycles. The molecule has 2 amide bonds. The SMILES string of the molecule is Cc1ccc(Cl)cc1NC(=O)C(=O)NCCN1CCN(c2ccc(Cl)cc2)CC1. The van der Waals surface area contributed by atoms with Crippen molar-refractivity contribution < 1.29 is 9.59 Å². The summed E-state index contributed by atoms with van der Waals surface area (Å²) in [4.78, 5) is 28.7. The Morgan fingerprint density at radius 2 is 1.59 bits per heavy atom. The summed E-state index contributed by atoms with van der Waals surface area (Å²) in [5.74, 6) is -1.34. The van der Waals surface area contributed by atoms with Crippen LogP contribution in [-0.2, 0) is 9.59 Å². The van der Waals surface area contributed by atoms with E-state index in [1.165, 1.54) is 0 Å². The lowest BCUT2D eigenvalue weighted by atomic mass is 10.2. The maximum absolute atomic E-state index is 12.1. The van der Waals surface area contributed by atoms with Gasteiger partial charge in [0, 0.05) is 60.7 Å². The van der Waals surface area contributed by atoms with Crippen LogP contribution < -0.4 is 15.5 Å². The van der Waals surface area contributed by atoms with E-state index in [-0.39, 0.29) is 0 Å². The van der Waals surface area contributed by atoms with E-state index < -0.39 is 11.8 Å². The molecule has 6 nitrogen and oxygen atoms in total. The van der Waals surface area contributed by atoms with Gasteiger partial charge in [-0.2, -0.15) is 0 Å². The van der Waals surface area contributed by atoms with Gasteiger partial charge < -0.3 is 15.5 Å². The molecule has 0 aliphatic carbocycles. The molecule has 154 valence electrons. The second-order valence-electron chi connectivity index (χ2n) is 6.97. The molecule has 1 aliphatic rings. The van der Waals surface area contributed by atoms with E-state index in [1.54, 1.807) is 18.2 Å². The number of benzene rings is 2. The second-order valence-corrected chi connectivity index (χ2v) is 7.85. The highest BCUT2D eigenvalue weighted by atomic mass is 35.5. The number of rotatable bonds is 5. The van der Waals surface area contributed by atoms with Crippen molar-refractivity contribution in [2.75, 3.05) is 49.5 Å². The highest BCUT2D eigenvalue weighted by molar-refractivity contribution is 6.40. The molecule has 8 heteroatoms. The molecule has 0 spiro atoms. The summed E-state index contributed by atoms with van der Waals surface area (Å²) in [7, 11) is 0. The minimum Gasteiger partial charge on any atom is -0.369 e. The zero-order valence-corrected chi connectivity index (χ0v) is 17.8. The van der Waals surface area contributed by atoms with E-state index in [0.717, 1.165) is 42.5 Å². The third-order valence-corrected chi connectivity index (χ3v) is 5.42. The lowest BCUT2D eigenvalue weighted by molar-refractivity contribution is -0.136. The van der Waals surface area contributed by atoms with Gasteiger partial charge in [-0.15, -0.1) is 0 Å². The minimum absolute atomic E-state index is 0.418. The van der Waals surface area contributed by atoms with Crippen LogP contribution in [0.15, 0.2) is 42.5 Å². The van der Waals surface area contributed by atoms with Crippen LogP contribution in [0.5, 0.6) is 0 Å². The lowest BCUT2D eigenvalue weighted by Crippen LogP contribution is -2.49. The van der Waals surface area contributed by atoms with E-state index in [4.69, 9.17) is 23.2 Å². The lowest BCUT2D eigenvalue weighted by Gasteiger charge is -2.36. The van der Waals surface area contributed by atoms with E-state index in [1.807, 2.05) is 31.2 Å². The van der Waals surface area contributed by atoms with E-state index in [2.05, 4.69) is 20.4 Å². The van der Waals surface area contributed by atoms with Crippen molar-refractivity contribution >= 4 is 46.4 Å². The van der Waals surface area contributed by atoms with Gasteiger partial charge in [-0.05, 0) is 48.9 Å². The average molecular weight is 435 g/mol. The first-order valence-corrected chi connectivity index (χ1v) is 10.3. The molecule has 2 aromatic rings. The molecule has 0 radical (unpaired) electrons. The summed E-state index contributed by atoms with van der Waals surface area (Å²) in [6.45, 7) is 6.56. The Hall–Kier alpha value is -2.28. The van der Waals surface area contributed by atoms with Crippen LogP contribution in [0.4, 0.5) is 11.4 Å². The first-order chi connectivity index (χ1) is 13.9. The van der Waals surface area contributed by atoms with Crippen LogP contribution in [0.1, 0.15) is 5.56 Å². The number of amides is 2. The van der Waals surface area contributed by atoms with Crippen molar-refractivity contribution in [3.05, 3.63) is 58.1 Å². The van der Waals surface area contributed by atoms with E-state index in [0.29, 0.717) is 23.8 Å². The van der Waals surface area contributed by atoms with Crippen molar-refractivity contribution in [2.45, 2.75) is 6.92 Å². The largest absolute Gasteiger partial charge is 0.369 e. The smallest absolute Gasteiger partial charge is 0.313 e. The third kappa shape index (κ3) is 6.10. The van der Waals surface area contributed by atoms with Crippen LogP contribution in [0.2, 0.25) is 10.0 Å². The number of anilines is 2. The Labute approximate surface area is 180 Å². The second kappa shape index (κ2) is 9.96. The quantitative estimate of drug-likeness (QED) is 0.709. The summed E-state index contributed by atoms with van der Waals surface area (Å²) in [5.41, 5.74) is 2.54. The number of piperazine rings is 1. The Bertz CT molecular complexity index is 865. The van der Waals surface area contributed by atoms with Gasteiger partial charge in [0.05, 0.1) is 0 Å². The number of hydrogen-bond acceptors (Lipinski definition) is 4. The highest BCUT2D eigenvalue weighted by Gasteiger charge is 2.18. The summed E-state index contributed by atoms with van der Waals surface area (Å²) in [6, 6.07) is 13.0. The van der Waals surface area contributed by atoms with Crippen molar-refractivity contribution in [3.8, 4) is 0 Å². The van der Waals surface area contributed by atoms with Gasteiger partial charge in [-0.1, -0.05) is 29.3 Å². The Kier molecular flexibility index (Phi) is 7.36. The van der Waals surface area contributed by atoms with Crippen LogP contribution in [-0.4, -0.2) is 56.0 Å². The molecule has 1 fully saturated rings. The van der Waals surface area contributed by atoms with Gasteiger partial charge in [-0.3, -0.25) is 14.5 Å². The van der Waals surface area contributed by atoms with Crippen molar-refractivity contribution in [2.24, 2.45) is 0 Å². The number of hydrogen-bond donors (Lipinski definition) is 2. The number of carbonyl (C=O) groups is 2. The Morgan fingerprint density at radius 3 is 2.28 bits per heavy atom. The summed E-state index contributed by atoms with van der Waals surface area (Å²) < 4.78 is 0. The molecule has 2 aromatic carbocycles. The van der Waals surface area contributed by atoms with Gasteiger partial charge in [0.15, 0.2) is 0 Å². The van der Waals surface area contributed by atoms with E-state index >= 15 is 0 Å². The predicted molar refractivity (Wildman–Crippen MR) is 118 cm³/mol. The average Bonchev–Trinajstić information content (AvgIpc) is 2.72. The number of carbonyl (C=O) groups excluding carboxylic acids is 2. The van der Waals surface area contributed by atoms with Gasteiger partial charge >= 0.3 is 11.8 Å². The number of aryl methyl sites for hydroxylation is 1. The Balaban J connectivity index is 1.39. The molecule has 1 heterocycles. The molecular weight excluding hydrogens is 411 g/mol. The van der Waals surface area contributed by atoms with Crippen LogP contribution in [0, 0.1) is 6.92 Å². The third-order valence-electron chi connectivity index (χ3n) is 4.93. The predicted octanol–water partition coefficient (Wildman–Crippen LogP) is 3.18. The number of halogens is 2. The number of nitrogens with one attached hydrogen (secondary N) is 2. The topological polar surface area (TPSA) is 64.7 Å². The van der Waals surface area contributed by atoms with Crippen LogP contribution in [0.3, 0.4) is 0 Å². The molecule has 1 aliphatic heterocycles. The molecule has 3 rings (SSSR count). The number of nitrogens with zero attached hydrogens (tertiary/aromatic N) is 2. The van der Waals surface area contributed by atoms with Gasteiger partial charge in [0.1, 0.15) is 0 Å². The molecular formula is C21H24Cl2N4O2. The molecule has 0 aromatic heterocycles. The van der Waals surface area contributed by atoms with Crippen molar-refractivity contribution in [1.29, 1.82) is 0 Å². The zero-order valence-electron chi connectivity index (χ0n) is 16.3. The molecule has 29 heavy (non-hydrogen) atoms. The highest BCUT2D eigenvalue weighted by Crippen LogP contribution is 2.20. The summed E-state index contributed by atoms with van der Waals surface area (Å²) in [5, 5.41) is 6.52. The minimum atomic E-state index is -0.692. The first kappa shape index (κ1) is 21.4. The van der Waals surface area contributed by atoms with Gasteiger partial charge in [-0.25, -0.2) is 0 Å². The normalized spacial score (nSPS) is 14.5. The van der Waals surface area contributed by atoms with Crippen LogP contribution in [0.25, 0.3) is 0 Å². The molecule has 0 bridgehead atoms. The van der Waals surface area contributed by atoms with E-state index in [9.17, 15) is 9.59 Å². The molecule has 1 saturated heterocycles. The summed E-state index contributed by atoms with van der Waals surface area (Å²) >= 11 is 11.9. The monoisotopic (exact) mass is 434 g/mol.